The first-order valence-corrected chi connectivity index (χ1v) is 7.95. The maximum Gasteiger partial charge on any atom is 0.123 e. The van der Waals surface area contributed by atoms with Gasteiger partial charge >= 0.3 is 0 Å². The van der Waals surface area contributed by atoms with Crippen molar-refractivity contribution in [3.63, 3.8) is 0 Å². The van der Waals surface area contributed by atoms with Crippen molar-refractivity contribution in [2.24, 2.45) is 5.41 Å². The Bertz CT molecular complexity index is 386. The summed E-state index contributed by atoms with van der Waals surface area (Å²) in [4.78, 5) is 0. The van der Waals surface area contributed by atoms with Gasteiger partial charge in [0.05, 0.1) is 6.61 Å². The molecule has 0 atom stereocenters. The van der Waals surface area contributed by atoms with Gasteiger partial charge in [0.15, 0.2) is 0 Å². The third-order valence-corrected chi connectivity index (χ3v) is 4.83. The quantitative estimate of drug-likeness (QED) is 0.673. The third kappa shape index (κ3) is 4.17. The lowest BCUT2D eigenvalue weighted by molar-refractivity contribution is 0.155. The first-order chi connectivity index (χ1) is 8.98. The van der Waals surface area contributed by atoms with Gasteiger partial charge in [0, 0.05) is 5.41 Å². The van der Waals surface area contributed by atoms with Crippen LogP contribution in [-0.2, 0) is 0 Å². The number of benzene rings is 1. The normalized spacial score (nSPS) is 11.9. The first kappa shape index (κ1) is 16.4. The van der Waals surface area contributed by atoms with Crippen LogP contribution in [0.1, 0.15) is 57.6 Å². The Balaban J connectivity index is 2.90. The minimum absolute atomic E-state index is 0.196. The summed E-state index contributed by atoms with van der Waals surface area (Å²) in [7, 11) is 0. The average Bonchev–Trinajstić information content (AvgIpc) is 2.40. The molecule has 0 spiro atoms. The van der Waals surface area contributed by atoms with Gasteiger partial charge in [-0.1, -0.05) is 39.8 Å². The van der Waals surface area contributed by atoms with E-state index in [-0.39, 0.29) is 5.41 Å². The van der Waals surface area contributed by atoms with Crippen molar-refractivity contribution in [3.05, 3.63) is 29.3 Å². The van der Waals surface area contributed by atoms with Crippen LogP contribution in [0.5, 0.6) is 5.75 Å². The number of hydrogen-bond acceptors (Lipinski definition) is 2. The van der Waals surface area contributed by atoms with Crippen molar-refractivity contribution in [2.45, 2.75) is 53.4 Å². The highest BCUT2D eigenvalue weighted by Gasteiger charge is 2.26. The molecule has 0 aliphatic carbocycles. The van der Waals surface area contributed by atoms with Gasteiger partial charge in [-0.25, -0.2) is 0 Å². The van der Waals surface area contributed by atoms with Crippen LogP contribution < -0.4 is 4.74 Å². The second-order valence-electron chi connectivity index (χ2n) is 5.85. The van der Waals surface area contributed by atoms with Gasteiger partial charge in [-0.15, -0.1) is 0 Å². The summed E-state index contributed by atoms with van der Waals surface area (Å²) in [5.41, 5.74) is 2.75. The third-order valence-electron chi connectivity index (χ3n) is 4.16. The zero-order chi connectivity index (χ0) is 14.5. The molecule has 0 N–H and O–H groups in total. The molecule has 0 heterocycles. The summed E-state index contributed by atoms with van der Waals surface area (Å²) in [5.74, 6) is 2.41. The first-order valence-electron chi connectivity index (χ1n) is 7.32. The molecule has 1 nitrogen and oxygen atoms in total. The Morgan fingerprint density at radius 2 is 1.84 bits per heavy atom. The Hall–Kier alpha value is -0.630. The molecule has 0 unspecified atom stereocenters. The Kier molecular flexibility index (Phi) is 6.25. The van der Waals surface area contributed by atoms with Crippen molar-refractivity contribution < 1.29 is 4.74 Å². The molecule has 0 aromatic heterocycles. The maximum absolute atomic E-state index is 6.17. The summed E-state index contributed by atoms with van der Waals surface area (Å²) >= 11 is 4.51. The fourth-order valence-corrected chi connectivity index (χ4v) is 2.74. The van der Waals surface area contributed by atoms with Crippen LogP contribution in [0.2, 0.25) is 0 Å². The molecule has 0 radical (unpaired) electrons. The van der Waals surface area contributed by atoms with Crippen molar-refractivity contribution >= 4 is 12.6 Å². The van der Waals surface area contributed by atoms with Crippen LogP contribution in [-0.4, -0.2) is 12.4 Å². The van der Waals surface area contributed by atoms with E-state index in [2.05, 4.69) is 65.4 Å². The van der Waals surface area contributed by atoms with E-state index < -0.39 is 0 Å². The maximum atomic E-state index is 6.17. The molecule has 1 aromatic carbocycles. The number of thiol groups is 1. The Morgan fingerprint density at radius 3 is 2.32 bits per heavy atom. The molecule has 0 saturated heterocycles. The average molecular weight is 280 g/mol. The molecule has 0 aliphatic rings. The highest BCUT2D eigenvalue weighted by molar-refractivity contribution is 7.80. The van der Waals surface area contributed by atoms with Gasteiger partial charge in [0.25, 0.3) is 0 Å². The molecule has 2 heteroatoms. The van der Waals surface area contributed by atoms with Crippen LogP contribution in [0.3, 0.4) is 0 Å². The van der Waals surface area contributed by atoms with Crippen LogP contribution in [0.4, 0.5) is 0 Å². The van der Waals surface area contributed by atoms with Crippen molar-refractivity contribution in [1.82, 2.24) is 0 Å². The molecule has 1 rings (SSSR count). The minimum Gasteiger partial charge on any atom is -0.493 e. The summed E-state index contributed by atoms with van der Waals surface area (Å²) in [5, 5.41) is 0. The monoisotopic (exact) mass is 280 g/mol. The summed E-state index contributed by atoms with van der Waals surface area (Å²) in [6, 6.07) is 6.51. The molecular formula is C17H28OS. The molecule has 0 fully saturated rings. The molecule has 19 heavy (non-hydrogen) atoms. The zero-order valence-corrected chi connectivity index (χ0v) is 13.9. The highest BCUT2D eigenvalue weighted by Crippen LogP contribution is 2.32. The van der Waals surface area contributed by atoms with Crippen LogP contribution in [0, 0.1) is 12.3 Å². The van der Waals surface area contributed by atoms with Gasteiger partial charge in [-0.05, 0) is 48.6 Å². The summed E-state index contributed by atoms with van der Waals surface area (Å²) in [6.07, 6.45) is 2.21. The van der Waals surface area contributed by atoms with Crippen LogP contribution in [0.15, 0.2) is 18.2 Å². The van der Waals surface area contributed by atoms with Gasteiger partial charge in [-0.3, -0.25) is 0 Å². The Morgan fingerprint density at radius 1 is 1.21 bits per heavy atom. The van der Waals surface area contributed by atoms with Crippen LogP contribution >= 0.6 is 12.6 Å². The summed E-state index contributed by atoms with van der Waals surface area (Å²) in [6.45, 7) is 11.7. The Labute approximate surface area is 124 Å². The molecule has 0 bridgehead atoms. The predicted octanol–water partition coefficient (Wildman–Crippen LogP) is 5.23. The fraction of sp³-hybridized carbons (Fsp3) is 0.647. The van der Waals surface area contributed by atoms with E-state index in [0.717, 1.165) is 31.0 Å². The van der Waals surface area contributed by atoms with Gasteiger partial charge in [-0.2, -0.15) is 12.6 Å². The second-order valence-corrected chi connectivity index (χ2v) is 6.17. The second kappa shape index (κ2) is 7.23. The standard InChI is InChI=1S/C17H28OS/c1-6-17(7-2,12-19)11-18-16-10-14(5)8-9-15(16)13(3)4/h8-10,13,19H,6-7,11-12H2,1-5H3. The lowest BCUT2D eigenvalue weighted by Crippen LogP contribution is -2.29. The molecule has 108 valence electrons. The smallest absolute Gasteiger partial charge is 0.123 e. The van der Waals surface area contributed by atoms with E-state index in [4.69, 9.17) is 4.74 Å². The lowest BCUT2D eigenvalue weighted by atomic mass is 9.85. The topological polar surface area (TPSA) is 9.23 Å². The van der Waals surface area contributed by atoms with E-state index in [1.807, 2.05) is 0 Å². The number of ether oxygens (including phenoxy) is 1. The summed E-state index contributed by atoms with van der Waals surface area (Å²) < 4.78 is 6.17. The largest absolute Gasteiger partial charge is 0.493 e. The van der Waals surface area contributed by atoms with Crippen LogP contribution in [0.25, 0.3) is 0 Å². The van der Waals surface area contributed by atoms with Gasteiger partial charge in [0.2, 0.25) is 0 Å². The van der Waals surface area contributed by atoms with Crippen molar-refractivity contribution in [3.8, 4) is 5.75 Å². The molecule has 0 aliphatic heterocycles. The number of hydrogen-bond donors (Lipinski definition) is 1. The van der Waals surface area contributed by atoms with E-state index in [1.54, 1.807) is 0 Å². The highest BCUT2D eigenvalue weighted by atomic mass is 32.1. The molecule has 0 saturated carbocycles. The van der Waals surface area contributed by atoms with E-state index >= 15 is 0 Å². The van der Waals surface area contributed by atoms with E-state index in [1.165, 1.54) is 11.1 Å². The lowest BCUT2D eigenvalue weighted by Gasteiger charge is -2.30. The van der Waals surface area contributed by atoms with Crippen molar-refractivity contribution in [2.75, 3.05) is 12.4 Å². The van der Waals surface area contributed by atoms with Crippen molar-refractivity contribution in [1.29, 1.82) is 0 Å². The molecule has 1 aromatic rings. The number of rotatable bonds is 7. The predicted molar refractivity (Wildman–Crippen MR) is 87.6 cm³/mol. The van der Waals surface area contributed by atoms with E-state index in [0.29, 0.717) is 5.92 Å². The fourth-order valence-electron chi connectivity index (χ4n) is 2.20. The minimum atomic E-state index is 0.196. The molecule has 0 amide bonds. The SMILES string of the molecule is CCC(CC)(CS)COc1cc(C)ccc1C(C)C. The van der Waals surface area contributed by atoms with E-state index in [9.17, 15) is 0 Å². The van der Waals surface area contributed by atoms with Gasteiger partial charge < -0.3 is 4.74 Å². The number of aryl methyl sites for hydroxylation is 1. The zero-order valence-electron chi connectivity index (χ0n) is 13.0. The van der Waals surface area contributed by atoms with Gasteiger partial charge in [0.1, 0.15) is 5.75 Å². The molecular weight excluding hydrogens is 252 g/mol.